The molecule has 0 saturated carbocycles. The van der Waals surface area contributed by atoms with Gasteiger partial charge in [-0.05, 0) is 42.0 Å². The number of methoxy groups -OCH3 is 1. The zero-order chi connectivity index (χ0) is 25.1. The van der Waals surface area contributed by atoms with Crippen LogP contribution in [0.1, 0.15) is 31.8 Å². The van der Waals surface area contributed by atoms with Crippen molar-refractivity contribution in [2.24, 2.45) is 4.99 Å². The van der Waals surface area contributed by atoms with Crippen molar-refractivity contribution < 1.29 is 19.4 Å². The molecule has 0 atom stereocenters. The summed E-state index contributed by atoms with van der Waals surface area (Å²) in [5.41, 5.74) is 3.34. The van der Waals surface area contributed by atoms with Crippen LogP contribution in [-0.4, -0.2) is 48.2 Å². The largest absolute Gasteiger partial charge is 0.507 e. The van der Waals surface area contributed by atoms with Crippen molar-refractivity contribution in [2.75, 3.05) is 25.5 Å². The number of rotatable bonds is 8. The zero-order valence-electron chi connectivity index (χ0n) is 19.8. The normalized spacial score (nSPS) is 13.0. The first kappa shape index (κ1) is 23.1. The molecule has 5 rings (SSSR count). The average Bonchev–Trinajstić information content (AvgIpc) is 2.91. The number of aromatic hydroxyl groups is 1. The van der Waals surface area contributed by atoms with Gasteiger partial charge in [0.25, 0.3) is 11.8 Å². The Labute approximate surface area is 208 Å². The number of hydrogen-bond acceptors (Lipinski definition) is 6. The van der Waals surface area contributed by atoms with E-state index in [9.17, 15) is 14.7 Å². The molecule has 0 spiro atoms. The van der Waals surface area contributed by atoms with Crippen molar-refractivity contribution in [1.29, 1.82) is 0 Å². The summed E-state index contributed by atoms with van der Waals surface area (Å²) in [4.78, 5) is 32.2. The molecule has 2 N–H and O–H groups in total. The molecule has 1 heterocycles. The Morgan fingerprint density at radius 2 is 1.72 bits per heavy atom. The van der Waals surface area contributed by atoms with Crippen LogP contribution in [0, 0.1) is 0 Å². The number of anilines is 1. The molecule has 0 aliphatic carbocycles. The maximum Gasteiger partial charge on any atom is 0.261 e. The first-order valence-electron chi connectivity index (χ1n) is 11.6. The summed E-state index contributed by atoms with van der Waals surface area (Å²) in [6.07, 6.45) is 1.61. The fourth-order valence-corrected chi connectivity index (χ4v) is 4.39. The predicted molar refractivity (Wildman–Crippen MR) is 140 cm³/mol. The highest BCUT2D eigenvalue weighted by Gasteiger charge is 2.33. The summed E-state index contributed by atoms with van der Waals surface area (Å²) in [5, 5.41) is 14.8. The van der Waals surface area contributed by atoms with Crippen molar-refractivity contribution in [3.05, 3.63) is 101 Å². The van der Waals surface area contributed by atoms with E-state index >= 15 is 0 Å². The van der Waals surface area contributed by atoms with Gasteiger partial charge < -0.3 is 15.2 Å². The number of ether oxygens (including phenoxy) is 1. The Bertz CT molecular complexity index is 1460. The van der Waals surface area contributed by atoms with Crippen LogP contribution in [-0.2, 0) is 6.54 Å². The van der Waals surface area contributed by atoms with Gasteiger partial charge in [-0.15, -0.1) is 0 Å². The molecule has 0 aromatic heterocycles. The predicted octanol–water partition coefficient (Wildman–Crippen LogP) is 4.88. The van der Waals surface area contributed by atoms with Gasteiger partial charge in [-0.3, -0.25) is 19.5 Å². The van der Waals surface area contributed by atoms with Gasteiger partial charge in [0.1, 0.15) is 11.5 Å². The van der Waals surface area contributed by atoms with Crippen LogP contribution in [0.3, 0.4) is 0 Å². The van der Waals surface area contributed by atoms with Crippen molar-refractivity contribution in [1.82, 2.24) is 4.90 Å². The van der Waals surface area contributed by atoms with Crippen LogP contribution in [0.4, 0.5) is 5.69 Å². The Balaban J connectivity index is 1.34. The first-order valence-corrected chi connectivity index (χ1v) is 11.6. The molecule has 4 aromatic rings. The Kier molecular flexibility index (Phi) is 6.36. The van der Waals surface area contributed by atoms with E-state index in [2.05, 4.69) is 10.3 Å². The molecule has 7 heteroatoms. The van der Waals surface area contributed by atoms with Gasteiger partial charge in [0.05, 0.1) is 20.2 Å². The number of hydrogen-bond donors (Lipinski definition) is 2. The number of nitrogens with one attached hydrogen (secondary N) is 1. The van der Waals surface area contributed by atoms with E-state index in [4.69, 9.17) is 4.74 Å². The molecule has 1 aliphatic rings. The molecule has 1 aliphatic heterocycles. The number of carbonyl (C=O) groups excluding carboxylic acids is 2. The molecule has 0 bridgehead atoms. The molecule has 2 amide bonds. The standard InChI is InChI=1S/C29H25N3O4/c1-36-21-10-13-26(33)20(16-21)17-30-14-15-31-25-12-11-24-27-22(25)8-5-9-23(27)28(34)32(29(24)35)18-19-6-3-2-4-7-19/h2-13,16-17,31,33H,14-15,18H2,1H3. The van der Waals surface area contributed by atoms with Gasteiger partial charge in [0, 0.05) is 45.9 Å². The molecule has 0 radical (unpaired) electrons. The highest BCUT2D eigenvalue weighted by molar-refractivity contribution is 6.26. The maximum absolute atomic E-state index is 13.3. The fraction of sp³-hybridized carbons (Fsp3) is 0.138. The molecule has 7 nitrogen and oxygen atoms in total. The topological polar surface area (TPSA) is 91.2 Å². The van der Waals surface area contributed by atoms with E-state index in [-0.39, 0.29) is 24.1 Å². The molecular weight excluding hydrogens is 454 g/mol. The fourth-order valence-electron chi connectivity index (χ4n) is 4.39. The third-order valence-corrected chi connectivity index (χ3v) is 6.20. The lowest BCUT2D eigenvalue weighted by Gasteiger charge is -2.28. The van der Waals surface area contributed by atoms with Gasteiger partial charge in [-0.1, -0.05) is 42.5 Å². The summed E-state index contributed by atoms with van der Waals surface area (Å²) < 4.78 is 5.18. The molecular formula is C29H25N3O4. The van der Waals surface area contributed by atoms with Crippen LogP contribution < -0.4 is 10.1 Å². The lowest BCUT2D eigenvalue weighted by atomic mass is 9.92. The number of phenolic OH excluding ortho intramolecular Hbond substituents is 1. The second-order valence-corrected chi connectivity index (χ2v) is 8.46. The highest BCUT2D eigenvalue weighted by Crippen LogP contribution is 2.35. The highest BCUT2D eigenvalue weighted by atomic mass is 16.5. The number of phenols is 1. The maximum atomic E-state index is 13.3. The molecule has 4 aromatic carbocycles. The summed E-state index contributed by atoms with van der Waals surface area (Å²) in [6.45, 7) is 1.22. The molecule has 0 fully saturated rings. The van der Waals surface area contributed by atoms with E-state index in [0.29, 0.717) is 40.9 Å². The van der Waals surface area contributed by atoms with Gasteiger partial charge in [0.2, 0.25) is 0 Å². The smallest absolute Gasteiger partial charge is 0.261 e. The number of imide groups is 1. The third kappa shape index (κ3) is 4.38. The van der Waals surface area contributed by atoms with Crippen molar-refractivity contribution in [3.8, 4) is 11.5 Å². The summed E-state index contributed by atoms with van der Waals surface area (Å²) in [7, 11) is 1.57. The lowest BCUT2D eigenvalue weighted by Crippen LogP contribution is -2.39. The molecule has 180 valence electrons. The Morgan fingerprint density at radius 3 is 2.50 bits per heavy atom. The van der Waals surface area contributed by atoms with Gasteiger partial charge in [0.15, 0.2) is 0 Å². The van der Waals surface area contributed by atoms with E-state index < -0.39 is 0 Å². The molecule has 0 unspecified atom stereocenters. The van der Waals surface area contributed by atoms with Crippen molar-refractivity contribution in [2.45, 2.75) is 6.54 Å². The number of amides is 2. The first-order chi connectivity index (χ1) is 17.6. The minimum absolute atomic E-state index is 0.131. The second-order valence-electron chi connectivity index (χ2n) is 8.46. The van der Waals surface area contributed by atoms with Crippen LogP contribution in [0.2, 0.25) is 0 Å². The van der Waals surface area contributed by atoms with Gasteiger partial charge in [-0.2, -0.15) is 0 Å². The number of carbonyl (C=O) groups is 2. The zero-order valence-corrected chi connectivity index (χ0v) is 19.8. The molecule has 0 saturated heterocycles. The summed E-state index contributed by atoms with van der Waals surface area (Å²) >= 11 is 0. The second kappa shape index (κ2) is 9.92. The SMILES string of the molecule is COc1ccc(O)c(C=NCCNc2ccc3c4c(cccc24)C(=O)N(Cc2ccccc2)C3=O)c1. The average molecular weight is 480 g/mol. The molecule has 36 heavy (non-hydrogen) atoms. The Morgan fingerprint density at radius 1 is 0.944 bits per heavy atom. The third-order valence-electron chi connectivity index (χ3n) is 6.20. The van der Waals surface area contributed by atoms with E-state index in [1.165, 1.54) is 4.90 Å². The summed E-state index contributed by atoms with van der Waals surface area (Å²) in [6, 6.07) is 23.6. The Hall–Kier alpha value is -4.65. The minimum Gasteiger partial charge on any atom is -0.507 e. The number of aliphatic imine (C=N–C) groups is 1. The monoisotopic (exact) mass is 479 g/mol. The van der Waals surface area contributed by atoms with Crippen molar-refractivity contribution in [3.63, 3.8) is 0 Å². The quantitative estimate of drug-likeness (QED) is 0.214. The van der Waals surface area contributed by atoms with Gasteiger partial charge >= 0.3 is 0 Å². The lowest BCUT2D eigenvalue weighted by molar-refractivity contribution is 0.0598. The van der Waals surface area contributed by atoms with Crippen LogP contribution in [0.15, 0.2) is 83.9 Å². The van der Waals surface area contributed by atoms with Crippen LogP contribution in [0.5, 0.6) is 11.5 Å². The minimum atomic E-state index is -0.290. The van der Waals surface area contributed by atoms with Crippen LogP contribution in [0.25, 0.3) is 10.8 Å². The van der Waals surface area contributed by atoms with E-state index in [1.807, 2.05) is 48.5 Å². The van der Waals surface area contributed by atoms with Crippen LogP contribution >= 0.6 is 0 Å². The van der Waals surface area contributed by atoms with E-state index in [0.717, 1.165) is 16.6 Å². The number of benzene rings is 4. The van der Waals surface area contributed by atoms with Gasteiger partial charge in [-0.25, -0.2) is 0 Å². The number of nitrogens with zero attached hydrogens (tertiary/aromatic N) is 2. The van der Waals surface area contributed by atoms with E-state index in [1.54, 1.807) is 43.7 Å². The van der Waals surface area contributed by atoms with Crippen molar-refractivity contribution >= 4 is 34.5 Å². The summed E-state index contributed by atoms with van der Waals surface area (Å²) in [5.74, 6) is 0.193.